The number of nitrogens with two attached hydrogens (primary N) is 1. The minimum absolute atomic E-state index is 0.274. The van der Waals surface area contributed by atoms with E-state index in [0.29, 0.717) is 5.82 Å². The van der Waals surface area contributed by atoms with Crippen molar-refractivity contribution in [3.8, 4) is 5.69 Å². The number of benzene rings is 1. The van der Waals surface area contributed by atoms with Crippen LogP contribution >= 0.6 is 15.9 Å². The molecule has 0 unspecified atom stereocenters. The third kappa shape index (κ3) is 1.82. The highest BCUT2D eigenvalue weighted by atomic mass is 79.9. The summed E-state index contributed by atoms with van der Waals surface area (Å²) in [6, 6.07) is 7.78. The van der Waals surface area contributed by atoms with Crippen molar-refractivity contribution in [1.82, 2.24) is 15.0 Å². The maximum atomic E-state index is 6.02. The quantitative estimate of drug-likeness (QED) is 0.920. The third-order valence-electron chi connectivity index (χ3n) is 2.36. The Balaban J connectivity index is 2.54. The molecule has 1 aromatic heterocycles. The SMILES string of the molecule is CC(C)c1nnn(-c2ccccc2Br)c1N. The third-order valence-corrected chi connectivity index (χ3v) is 3.03. The fourth-order valence-corrected chi connectivity index (χ4v) is 1.97. The number of nitrogen functional groups attached to an aromatic ring is 1. The molecule has 0 amide bonds. The van der Waals surface area contributed by atoms with Gasteiger partial charge in [-0.15, -0.1) is 5.10 Å². The van der Waals surface area contributed by atoms with Crippen molar-refractivity contribution in [3.63, 3.8) is 0 Å². The highest BCUT2D eigenvalue weighted by Crippen LogP contribution is 2.25. The van der Waals surface area contributed by atoms with E-state index in [1.165, 1.54) is 0 Å². The molecule has 0 spiro atoms. The smallest absolute Gasteiger partial charge is 0.151 e. The molecule has 1 heterocycles. The Morgan fingerprint density at radius 3 is 2.56 bits per heavy atom. The summed E-state index contributed by atoms with van der Waals surface area (Å²) in [7, 11) is 0. The second-order valence-electron chi connectivity index (χ2n) is 3.88. The maximum Gasteiger partial charge on any atom is 0.151 e. The van der Waals surface area contributed by atoms with Crippen molar-refractivity contribution in [3.05, 3.63) is 34.4 Å². The normalized spacial score (nSPS) is 11.0. The molecule has 4 nitrogen and oxygen atoms in total. The van der Waals surface area contributed by atoms with E-state index < -0.39 is 0 Å². The van der Waals surface area contributed by atoms with E-state index >= 15 is 0 Å². The van der Waals surface area contributed by atoms with Gasteiger partial charge in [0.05, 0.1) is 5.69 Å². The van der Waals surface area contributed by atoms with Crippen LogP contribution in [0.1, 0.15) is 25.5 Å². The highest BCUT2D eigenvalue weighted by molar-refractivity contribution is 9.10. The Bertz CT molecular complexity index is 504. The van der Waals surface area contributed by atoms with Crippen LogP contribution in [0.15, 0.2) is 28.7 Å². The lowest BCUT2D eigenvalue weighted by molar-refractivity contribution is 0.775. The van der Waals surface area contributed by atoms with Crippen LogP contribution in [0.3, 0.4) is 0 Å². The second kappa shape index (κ2) is 4.25. The van der Waals surface area contributed by atoms with Crippen LogP contribution in [0.5, 0.6) is 0 Å². The molecule has 0 aliphatic rings. The van der Waals surface area contributed by atoms with Gasteiger partial charge in [0.15, 0.2) is 5.82 Å². The van der Waals surface area contributed by atoms with Gasteiger partial charge >= 0.3 is 0 Å². The molecule has 0 saturated heterocycles. The minimum Gasteiger partial charge on any atom is -0.382 e. The number of aromatic nitrogens is 3. The van der Waals surface area contributed by atoms with Crippen LogP contribution in [0.2, 0.25) is 0 Å². The molecule has 5 heteroatoms. The number of hydrogen-bond donors (Lipinski definition) is 1. The van der Waals surface area contributed by atoms with Crippen molar-refractivity contribution in [2.45, 2.75) is 19.8 Å². The average molecular weight is 281 g/mol. The van der Waals surface area contributed by atoms with E-state index in [9.17, 15) is 0 Å². The highest BCUT2D eigenvalue weighted by Gasteiger charge is 2.14. The van der Waals surface area contributed by atoms with E-state index in [4.69, 9.17) is 5.73 Å². The first-order valence-corrected chi connectivity index (χ1v) is 5.86. The number of hydrogen-bond acceptors (Lipinski definition) is 3. The molecule has 0 aliphatic heterocycles. The van der Waals surface area contributed by atoms with Crippen molar-refractivity contribution in [1.29, 1.82) is 0 Å². The van der Waals surface area contributed by atoms with E-state index in [-0.39, 0.29) is 5.92 Å². The Morgan fingerprint density at radius 1 is 1.31 bits per heavy atom. The molecule has 0 atom stereocenters. The Kier molecular flexibility index (Phi) is 2.96. The number of nitrogens with zero attached hydrogens (tertiary/aromatic N) is 3. The molecule has 2 aromatic rings. The van der Waals surface area contributed by atoms with Gasteiger partial charge in [0.25, 0.3) is 0 Å². The lowest BCUT2D eigenvalue weighted by atomic mass is 10.1. The lowest BCUT2D eigenvalue weighted by Crippen LogP contribution is -2.04. The molecule has 1 aromatic carbocycles. The summed E-state index contributed by atoms with van der Waals surface area (Å²) in [6.45, 7) is 4.09. The standard InChI is InChI=1S/C11H13BrN4/c1-7(2)10-11(13)16(15-14-10)9-6-4-3-5-8(9)12/h3-7H,13H2,1-2H3. The predicted molar refractivity (Wildman–Crippen MR) is 67.6 cm³/mol. The van der Waals surface area contributed by atoms with Crippen molar-refractivity contribution >= 4 is 21.7 Å². The molecule has 0 saturated carbocycles. The number of rotatable bonds is 2. The van der Waals surface area contributed by atoms with E-state index in [1.807, 2.05) is 38.1 Å². The zero-order valence-electron chi connectivity index (χ0n) is 9.18. The Labute approximate surface area is 103 Å². The van der Waals surface area contributed by atoms with Gasteiger partial charge in [0.1, 0.15) is 5.69 Å². The summed E-state index contributed by atoms with van der Waals surface area (Å²) in [5.41, 5.74) is 7.75. The molecule has 2 N–H and O–H groups in total. The maximum absolute atomic E-state index is 6.02. The van der Waals surface area contributed by atoms with E-state index in [0.717, 1.165) is 15.9 Å². The summed E-state index contributed by atoms with van der Waals surface area (Å²) in [5.74, 6) is 0.873. The molecular weight excluding hydrogens is 268 g/mol. The van der Waals surface area contributed by atoms with Crippen LogP contribution in [0.25, 0.3) is 5.69 Å². The van der Waals surface area contributed by atoms with Crippen LogP contribution < -0.4 is 5.73 Å². The molecule has 84 valence electrons. The average Bonchev–Trinajstić information content (AvgIpc) is 2.61. The molecule has 0 radical (unpaired) electrons. The van der Waals surface area contributed by atoms with Gasteiger partial charge in [-0.1, -0.05) is 31.2 Å². The number of anilines is 1. The first kappa shape index (κ1) is 11.1. The van der Waals surface area contributed by atoms with Crippen molar-refractivity contribution in [2.24, 2.45) is 0 Å². The summed E-state index contributed by atoms with van der Waals surface area (Å²) >= 11 is 3.47. The number of halogens is 1. The fraction of sp³-hybridized carbons (Fsp3) is 0.273. The zero-order valence-corrected chi connectivity index (χ0v) is 10.8. The summed E-state index contributed by atoms with van der Waals surface area (Å²) in [5, 5.41) is 8.18. The Hall–Kier alpha value is -1.36. The van der Waals surface area contributed by atoms with E-state index in [1.54, 1.807) is 4.68 Å². The van der Waals surface area contributed by atoms with Crippen LogP contribution in [0, 0.1) is 0 Å². The van der Waals surface area contributed by atoms with Crippen LogP contribution in [0.4, 0.5) is 5.82 Å². The van der Waals surface area contributed by atoms with Gasteiger partial charge in [-0.3, -0.25) is 0 Å². The van der Waals surface area contributed by atoms with E-state index in [2.05, 4.69) is 26.2 Å². The summed E-state index contributed by atoms with van der Waals surface area (Å²) in [4.78, 5) is 0. The minimum atomic E-state index is 0.274. The van der Waals surface area contributed by atoms with Gasteiger partial charge in [-0.2, -0.15) is 4.68 Å². The van der Waals surface area contributed by atoms with Gasteiger partial charge in [-0.05, 0) is 28.1 Å². The lowest BCUT2D eigenvalue weighted by Gasteiger charge is -2.06. The topological polar surface area (TPSA) is 56.7 Å². The molecule has 0 aliphatic carbocycles. The van der Waals surface area contributed by atoms with Gasteiger partial charge in [0, 0.05) is 10.4 Å². The monoisotopic (exact) mass is 280 g/mol. The molecule has 2 rings (SSSR count). The molecule has 0 fully saturated rings. The van der Waals surface area contributed by atoms with Crippen molar-refractivity contribution < 1.29 is 0 Å². The van der Waals surface area contributed by atoms with Crippen molar-refractivity contribution in [2.75, 3.05) is 5.73 Å². The molecule has 0 bridgehead atoms. The largest absolute Gasteiger partial charge is 0.382 e. The van der Waals surface area contributed by atoms with Gasteiger partial charge < -0.3 is 5.73 Å². The predicted octanol–water partition coefficient (Wildman–Crippen LogP) is 2.74. The zero-order chi connectivity index (χ0) is 11.7. The Morgan fingerprint density at radius 2 is 2.00 bits per heavy atom. The molecule has 16 heavy (non-hydrogen) atoms. The number of para-hydroxylation sites is 1. The first-order valence-electron chi connectivity index (χ1n) is 5.07. The van der Waals surface area contributed by atoms with Gasteiger partial charge in [0.2, 0.25) is 0 Å². The summed E-state index contributed by atoms with van der Waals surface area (Å²) < 4.78 is 2.60. The van der Waals surface area contributed by atoms with Crippen LogP contribution in [-0.2, 0) is 0 Å². The molecular formula is C11H13BrN4. The fourth-order valence-electron chi connectivity index (χ4n) is 1.51. The summed E-state index contributed by atoms with van der Waals surface area (Å²) in [6.07, 6.45) is 0. The second-order valence-corrected chi connectivity index (χ2v) is 4.73. The van der Waals surface area contributed by atoms with Gasteiger partial charge in [-0.25, -0.2) is 0 Å². The van der Waals surface area contributed by atoms with Crippen LogP contribution in [-0.4, -0.2) is 15.0 Å². The first-order chi connectivity index (χ1) is 7.61.